The predicted molar refractivity (Wildman–Crippen MR) is 107 cm³/mol. The number of alkyl halides is 2. The van der Waals surface area contributed by atoms with E-state index in [-0.39, 0.29) is 42.7 Å². The van der Waals surface area contributed by atoms with Crippen molar-refractivity contribution >= 4 is 5.91 Å². The Labute approximate surface area is 181 Å². The van der Waals surface area contributed by atoms with Gasteiger partial charge in [-0.05, 0) is 25.0 Å². The third-order valence-corrected chi connectivity index (χ3v) is 5.51. The Morgan fingerprint density at radius 3 is 2.78 bits per heavy atom. The lowest BCUT2D eigenvalue weighted by atomic mass is 9.76. The average Bonchev–Trinajstić information content (AvgIpc) is 3.34. The van der Waals surface area contributed by atoms with Crippen LogP contribution in [0.25, 0.3) is 11.5 Å². The fourth-order valence-corrected chi connectivity index (χ4v) is 3.61. The first-order valence-electron chi connectivity index (χ1n) is 9.97. The van der Waals surface area contributed by atoms with Crippen molar-refractivity contribution in [2.75, 3.05) is 13.7 Å². The summed E-state index contributed by atoms with van der Waals surface area (Å²) in [6, 6.07) is 8.46. The van der Waals surface area contributed by atoms with Crippen molar-refractivity contribution in [2.24, 2.45) is 5.92 Å². The SMILES string of the molecule is COc1cnc(-c2noc([C@@]3(F)CC[C@H](CNC(=O)c4ccccc4)[C@@H](F)[C@H]3O)n2)cn1. The Kier molecular flexibility index (Phi) is 6.08. The first kappa shape index (κ1) is 21.8. The van der Waals surface area contributed by atoms with Gasteiger partial charge >= 0.3 is 0 Å². The number of benzene rings is 1. The molecule has 0 aliphatic heterocycles. The van der Waals surface area contributed by atoms with Gasteiger partial charge in [0.15, 0.2) is 0 Å². The lowest BCUT2D eigenvalue weighted by Crippen LogP contribution is -2.52. The molecule has 9 nitrogen and oxygen atoms in total. The van der Waals surface area contributed by atoms with Crippen molar-refractivity contribution < 1.29 is 27.9 Å². The van der Waals surface area contributed by atoms with Gasteiger partial charge in [-0.1, -0.05) is 23.4 Å². The van der Waals surface area contributed by atoms with E-state index in [0.717, 1.165) is 0 Å². The number of rotatable bonds is 6. The molecule has 1 saturated carbocycles. The number of carbonyl (C=O) groups excluding carboxylic acids is 1. The van der Waals surface area contributed by atoms with Crippen LogP contribution in [0.2, 0.25) is 0 Å². The maximum atomic E-state index is 15.6. The summed E-state index contributed by atoms with van der Waals surface area (Å²) in [4.78, 5) is 24.1. The van der Waals surface area contributed by atoms with Crippen molar-refractivity contribution in [1.29, 1.82) is 0 Å². The van der Waals surface area contributed by atoms with Crippen LogP contribution < -0.4 is 10.1 Å². The van der Waals surface area contributed by atoms with Crippen LogP contribution in [-0.2, 0) is 5.67 Å². The van der Waals surface area contributed by atoms with Gasteiger partial charge in [-0.15, -0.1) is 0 Å². The molecule has 4 atom stereocenters. The number of carbonyl (C=O) groups is 1. The standard InChI is InChI=1S/C21H21F2N5O4/c1-31-15-11-24-14(10-25-15)18-27-20(32-28-18)21(23)8-7-13(16(22)17(21)29)9-26-19(30)12-5-3-2-4-6-12/h2-6,10-11,13,16-17,29H,7-9H2,1H3,(H,26,30)/t13-,16-,17-,21-/m1/s1. The van der Waals surface area contributed by atoms with Crippen molar-refractivity contribution in [1.82, 2.24) is 25.4 Å². The summed E-state index contributed by atoms with van der Waals surface area (Å²) in [5, 5.41) is 16.7. The molecule has 1 fully saturated rings. The molecule has 2 aromatic heterocycles. The minimum Gasteiger partial charge on any atom is -0.480 e. The van der Waals surface area contributed by atoms with Gasteiger partial charge in [0.2, 0.25) is 17.4 Å². The van der Waals surface area contributed by atoms with E-state index in [2.05, 4.69) is 25.4 Å². The highest BCUT2D eigenvalue weighted by Crippen LogP contribution is 2.44. The van der Waals surface area contributed by atoms with Crippen LogP contribution in [0.15, 0.2) is 47.2 Å². The fraction of sp³-hybridized carbons (Fsp3) is 0.381. The largest absolute Gasteiger partial charge is 0.480 e. The Morgan fingerprint density at radius 2 is 2.09 bits per heavy atom. The van der Waals surface area contributed by atoms with Crippen LogP contribution in [0.4, 0.5) is 8.78 Å². The fourth-order valence-electron chi connectivity index (χ4n) is 3.61. The summed E-state index contributed by atoms with van der Waals surface area (Å²) in [6.07, 6.45) is -1.52. The van der Waals surface area contributed by atoms with Crippen molar-refractivity contribution in [3.8, 4) is 17.4 Å². The molecule has 2 N–H and O–H groups in total. The highest BCUT2D eigenvalue weighted by Gasteiger charge is 2.54. The first-order valence-corrected chi connectivity index (χ1v) is 9.97. The molecule has 1 aliphatic carbocycles. The summed E-state index contributed by atoms with van der Waals surface area (Å²) < 4.78 is 40.4. The molecule has 32 heavy (non-hydrogen) atoms. The summed E-state index contributed by atoms with van der Waals surface area (Å²) >= 11 is 0. The van der Waals surface area contributed by atoms with Crippen LogP contribution in [0.1, 0.15) is 29.1 Å². The first-order chi connectivity index (χ1) is 15.4. The van der Waals surface area contributed by atoms with Gasteiger partial charge in [0.05, 0.1) is 19.5 Å². The quantitative estimate of drug-likeness (QED) is 0.592. The molecule has 1 aliphatic rings. The van der Waals surface area contributed by atoms with Crippen molar-refractivity contribution in [3.63, 3.8) is 0 Å². The molecule has 2 heterocycles. The number of amides is 1. The lowest BCUT2D eigenvalue weighted by molar-refractivity contribution is -0.121. The van der Waals surface area contributed by atoms with Gasteiger partial charge < -0.3 is 19.7 Å². The minimum atomic E-state index is -2.56. The number of aliphatic hydroxyl groups is 1. The van der Waals surface area contributed by atoms with E-state index < -0.39 is 29.8 Å². The zero-order chi connectivity index (χ0) is 22.7. The molecule has 0 radical (unpaired) electrons. The van der Waals surface area contributed by atoms with Crippen LogP contribution in [0.3, 0.4) is 0 Å². The summed E-state index contributed by atoms with van der Waals surface area (Å²) in [5.41, 5.74) is -1.93. The third-order valence-electron chi connectivity index (χ3n) is 5.51. The average molecular weight is 445 g/mol. The van der Waals surface area contributed by atoms with Gasteiger partial charge in [-0.3, -0.25) is 4.79 Å². The lowest BCUT2D eigenvalue weighted by Gasteiger charge is -2.38. The molecule has 0 unspecified atom stereocenters. The highest BCUT2D eigenvalue weighted by molar-refractivity contribution is 5.94. The second kappa shape index (κ2) is 8.95. The highest BCUT2D eigenvalue weighted by atomic mass is 19.2. The van der Waals surface area contributed by atoms with E-state index >= 15 is 4.39 Å². The molecule has 1 aromatic carbocycles. The van der Waals surface area contributed by atoms with E-state index in [0.29, 0.717) is 5.56 Å². The van der Waals surface area contributed by atoms with Crippen molar-refractivity contribution in [2.45, 2.75) is 30.8 Å². The Balaban J connectivity index is 1.43. The number of aliphatic hydroxyl groups excluding tert-OH is 1. The molecule has 168 valence electrons. The van der Waals surface area contributed by atoms with Gasteiger partial charge in [0.25, 0.3) is 11.8 Å². The van der Waals surface area contributed by atoms with Gasteiger partial charge in [-0.2, -0.15) is 4.98 Å². The van der Waals surface area contributed by atoms with E-state index in [4.69, 9.17) is 9.26 Å². The number of aromatic nitrogens is 4. The number of halogens is 2. The van der Waals surface area contributed by atoms with Crippen LogP contribution in [0, 0.1) is 5.92 Å². The van der Waals surface area contributed by atoms with Crippen LogP contribution in [0.5, 0.6) is 5.88 Å². The smallest absolute Gasteiger partial charge is 0.267 e. The topological polar surface area (TPSA) is 123 Å². The predicted octanol–water partition coefficient (Wildman–Crippen LogP) is 2.24. The molecular formula is C21H21F2N5O4. The van der Waals surface area contributed by atoms with E-state index in [9.17, 15) is 14.3 Å². The van der Waals surface area contributed by atoms with Gasteiger partial charge in [0.1, 0.15) is 18.0 Å². The van der Waals surface area contributed by atoms with Crippen LogP contribution >= 0.6 is 0 Å². The van der Waals surface area contributed by atoms with E-state index in [1.54, 1.807) is 30.3 Å². The second-order valence-electron chi connectivity index (χ2n) is 7.49. The third kappa shape index (κ3) is 4.15. The molecular weight excluding hydrogens is 424 g/mol. The maximum Gasteiger partial charge on any atom is 0.267 e. The number of nitrogens with zero attached hydrogens (tertiary/aromatic N) is 4. The Morgan fingerprint density at radius 1 is 1.31 bits per heavy atom. The van der Waals surface area contributed by atoms with Crippen LogP contribution in [-0.4, -0.2) is 57.1 Å². The van der Waals surface area contributed by atoms with Gasteiger partial charge in [-0.25, -0.2) is 18.7 Å². The molecule has 3 aromatic rings. The number of methoxy groups -OCH3 is 1. The van der Waals surface area contributed by atoms with E-state index in [1.807, 2.05) is 0 Å². The second-order valence-corrected chi connectivity index (χ2v) is 7.49. The summed E-state index contributed by atoms with van der Waals surface area (Å²) in [7, 11) is 1.43. The normalized spacial score (nSPS) is 25.3. The van der Waals surface area contributed by atoms with Gasteiger partial charge in [0, 0.05) is 18.0 Å². The summed E-state index contributed by atoms with van der Waals surface area (Å²) in [5.74, 6) is -1.45. The zero-order valence-electron chi connectivity index (χ0n) is 17.1. The molecule has 0 saturated heterocycles. The number of ether oxygens (including phenoxy) is 1. The minimum absolute atomic E-state index is 0.0431. The monoisotopic (exact) mass is 445 g/mol. The Bertz CT molecular complexity index is 1070. The number of hydrogen-bond acceptors (Lipinski definition) is 8. The molecule has 4 rings (SSSR count). The molecule has 0 spiro atoms. The molecule has 0 bridgehead atoms. The van der Waals surface area contributed by atoms with Crippen molar-refractivity contribution in [3.05, 3.63) is 54.2 Å². The zero-order valence-corrected chi connectivity index (χ0v) is 17.1. The van der Waals surface area contributed by atoms with E-state index in [1.165, 1.54) is 19.5 Å². The number of hydrogen-bond donors (Lipinski definition) is 2. The summed E-state index contributed by atoms with van der Waals surface area (Å²) in [6.45, 7) is -0.0431. The number of nitrogens with one attached hydrogen (secondary N) is 1. The molecule has 1 amide bonds. The Hall–Kier alpha value is -3.47. The molecule has 11 heteroatoms. The maximum absolute atomic E-state index is 15.6.